The molecule has 3 rings (SSSR count). The minimum atomic E-state index is -0.0643. The molecule has 94 valence electrons. The molecule has 0 unspecified atom stereocenters. The van der Waals surface area contributed by atoms with Gasteiger partial charge in [0.15, 0.2) is 0 Å². The highest BCUT2D eigenvalue weighted by Crippen LogP contribution is 2.37. The molecule has 2 aromatic rings. The number of thiophene rings is 1. The highest BCUT2D eigenvalue weighted by Gasteiger charge is 2.26. The summed E-state index contributed by atoms with van der Waals surface area (Å²) >= 11 is 1.75. The van der Waals surface area contributed by atoms with Gasteiger partial charge in [-0.1, -0.05) is 6.07 Å². The van der Waals surface area contributed by atoms with E-state index in [0.29, 0.717) is 11.7 Å². The minimum Gasteiger partial charge on any atom is -0.369 e. The molecule has 2 heterocycles. The van der Waals surface area contributed by atoms with Crippen molar-refractivity contribution >= 4 is 17.2 Å². The fourth-order valence-electron chi connectivity index (χ4n) is 1.89. The number of nitrogens with one attached hydrogen (secondary N) is 2. The van der Waals surface area contributed by atoms with Crippen LogP contribution in [0.3, 0.4) is 0 Å². The number of hydrogen-bond acceptors (Lipinski definition) is 4. The zero-order chi connectivity index (χ0) is 12.4. The number of H-pyrrole nitrogens is 1. The van der Waals surface area contributed by atoms with Crippen molar-refractivity contribution in [3.8, 4) is 0 Å². The lowest BCUT2D eigenvalue weighted by Crippen LogP contribution is -2.14. The van der Waals surface area contributed by atoms with Gasteiger partial charge in [0.25, 0.3) is 5.56 Å². The number of aromatic amines is 1. The van der Waals surface area contributed by atoms with Crippen LogP contribution in [0.25, 0.3) is 0 Å². The van der Waals surface area contributed by atoms with Gasteiger partial charge in [-0.15, -0.1) is 11.3 Å². The van der Waals surface area contributed by atoms with Crippen molar-refractivity contribution in [2.45, 2.75) is 25.2 Å². The highest BCUT2D eigenvalue weighted by atomic mass is 32.1. The first-order valence-corrected chi connectivity index (χ1v) is 7.07. The van der Waals surface area contributed by atoms with E-state index in [1.54, 1.807) is 11.3 Å². The summed E-state index contributed by atoms with van der Waals surface area (Å²) < 4.78 is 0. The molecule has 0 saturated heterocycles. The SMILES string of the molecule is O=c1cc(NCCc2cccs2)nc(C2CC2)[nH]1. The Morgan fingerprint density at radius 1 is 1.50 bits per heavy atom. The van der Waals surface area contributed by atoms with E-state index in [9.17, 15) is 4.79 Å². The number of rotatable bonds is 5. The molecule has 0 amide bonds. The maximum atomic E-state index is 11.5. The molecule has 1 saturated carbocycles. The molecular formula is C13H15N3OS. The Kier molecular flexibility index (Phi) is 3.15. The third kappa shape index (κ3) is 2.79. The zero-order valence-electron chi connectivity index (χ0n) is 9.98. The smallest absolute Gasteiger partial charge is 0.252 e. The number of aromatic nitrogens is 2. The maximum absolute atomic E-state index is 11.5. The van der Waals surface area contributed by atoms with Crippen LogP contribution in [0.15, 0.2) is 28.4 Å². The van der Waals surface area contributed by atoms with Crippen LogP contribution in [-0.2, 0) is 6.42 Å². The van der Waals surface area contributed by atoms with E-state index in [4.69, 9.17) is 0 Å². The molecule has 2 N–H and O–H groups in total. The Morgan fingerprint density at radius 2 is 2.39 bits per heavy atom. The van der Waals surface area contributed by atoms with Crippen molar-refractivity contribution in [3.63, 3.8) is 0 Å². The Hall–Kier alpha value is -1.62. The molecule has 1 aliphatic carbocycles. The summed E-state index contributed by atoms with van der Waals surface area (Å²) in [7, 11) is 0. The summed E-state index contributed by atoms with van der Waals surface area (Å²) in [6.45, 7) is 0.807. The van der Waals surface area contributed by atoms with Gasteiger partial charge in [0, 0.05) is 23.4 Å². The summed E-state index contributed by atoms with van der Waals surface area (Å²) in [6.07, 6.45) is 3.24. The predicted octanol–water partition coefficient (Wildman–Crippen LogP) is 2.36. The van der Waals surface area contributed by atoms with Crippen molar-refractivity contribution in [3.05, 3.63) is 44.6 Å². The van der Waals surface area contributed by atoms with Gasteiger partial charge in [0.2, 0.25) is 0 Å². The van der Waals surface area contributed by atoms with Gasteiger partial charge in [-0.25, -0.2) is 4.98 Å². The first-order valence-electron chi connectivity index (χ1n) is 6.19. The molecule has 2 aromatic heterocycles. The summed E-state index contributed by atoms with van der Waals surface area (Å²) in [4.78, 5) is 20.1. The van der Waals surface area contributed by atoms with Crippen LogP contribution in [0.4, 0.5) is 5.82 Å². The fraction of sp³-hybridized carbons (Fsp3) is 0.385. The minimum absolute atomic E-state index is 0.0643. The van der Waals surface area contributed by atoms with Crippen LogP contribution in [0.2, 0.25) is 0 Å². The first-order chi connectivity index (χ1) is 8.81. The lowest BCUT2D eigenvalue weighted by molar-refractivity contribution is 0.900. The molecule has 0 spiro atoms. The van der Waals surface area contributed by atoms with Crippen molar-refractivity contribution in [2.75, 3.05) is 11.9 Å². The van der Waals surface area contributed by atoms with Gasteiger partial charge < -0.3 is 10.3 Å². The second-order valence-corrected chi connectivity index (χ2v) is 5.58. The van der Waals surface area contributed by atoms with Crippen LogP contribution in [0.5, 0.6) is 0 Å². The van der Waals surface area contributed by atoms with E-state index < -0.39 is 0 Å². The Labute approximate surface area is 109 Å². The van der Waals surface area contributed by atoms with Crippen LogP contribution >= 0.6 is 11.3 Å². The lowest BCUT2D eigenvalue weighted by atomic mass is 10.3. The first kappa shape index (κ1) is 11.5. The number of anilines is 1. The number of nitrogens with zero attached hydrogens (tertiary/aromatic N) is 1. The van der Waals surface area contributed by atoms with Crippen LogP contribution in [0.1, 0.15) is 29.5 Å². The topological polar surface area (TPSA) is 57.8 Å². The molecule has 0 radical (unpaired) electrons. The van der Waals surface area contributed by atoms with E-state index in [-0.39, 0.29) is 5.56 Å². The molecule has 18 heavy (non-hydrogen) atoms. The van der Waals surface area contributed by atoms with Crippen LogP contribution in [0, 0.1) is 0 Å². The van der Waals surface area contributed by atoms with E-state index in [1.165, 1.54) is 10.9 Å². The predicted molar refractivity (Wildman–Crippen MR) is 73.3 cm³/mol. The summed E-state index contributed by atoms with van der Waals surface area (Å²) in [5.41, 5.74) is -0.0643. The molecular weight excluding hydrogens is 246 g/mol. The number of hydrogen-bond donors (Lipinski definition) is 2. The van der Waals surface area contributed by atoms with E-state index in [0.717, 1.165) is 31.6 Å². The maximum Gasteiger partial charge on any atom is 0.252 e. The standard InChI is InChI=1S/C13H15N3OS/c17-12-8-11(15-13(16-12)9-3-4-9)14-6-5-10-2-1-7-18-10/h1-2,7-9H,3-6H2,(H2,14,15,16,17). The van der Waals surface area contributed by atoms with E-state index in [1.807, 2.05) is 0 Å². The van der Waals surface area contributed by atoms with Gasteiger partial charge in [-0.3, -0.25) is 4.79 Å². The fourth-order valence-corrected chi connectivity index (χ4v) is 2.59. The van der Waals surface area contributed by atoms with Crippen molar-refractivity contribution in [1.82, 2.24) is 9.97 Å². The van der Waals surface area contributed by atoms with Gasteiger partial charge in [0.1, 0.15) is 11.6 Å². The van der Waals surface area contributed by atoms with Crippen molar-refractivity contribution in [2.24, 2.45) is 0 Å². The molecule has 4 nitrogen and oxygen atoms in total. The van der Waals surface area contributed by atoms with Gasteiger partial charge in [-0.05, 0) is 30.7 Å². The van der Waals surface area contributed by atoms with Gasteiger partial charge in [-0.2, -0.15) is 0 Å². The average molecular weight is 261 g/mol. The van der Waals surface area contributed by atoms with Gasteiger partial charge >= 0.3 is 0 Å². The quantitative estimate of drug-likeness (QED) is 0.868. The highest BCUT2D eigenvalue weighted by molar-refractivity contribution is 7.09. The monoisotopic (exact) mass is 261 g/mol. The van der Waals surface area contributed by atoms with Gasteiger partial charge in [0.05, 0.1) is 0 Å². The van der Waals surface area contributed by atoms with Crippen molar-refractivity contribution < 1.29 is 0 Å². The molecule has 0 bridgehead atoms. The average Bonchev–Trinajstić information content (AvgIpc) is 3.08. The second kappa shape index (κ2) is 4.94. The Morgan fingerprint density at radius 3 is 3.11 bits per heavy atom. The third-order valence-corrected chi connectivity index (χ3v) is 3.92. The molecule has 0 atom stereocenters. The Balaban J connectivity index is 1.63. The largest absolute Gasteiger partial charge is 0.369 e. The van der Waals surface area contributed by atoms with Crippen LogP contribution < -0.4 is 10.9 Å². The second-order valence-electron chi connectivity index (χ2n) is 4.55. The molecule has 5 heteroatoms. The van der Waals surface area contributed by atoms with E-state index in [2.05, 4.69) is 32.8 Å². The van der Waals surface area contributed by atoms with Crippen LogP contribution in [-0.4, -0.2) is 16.5 Å². The van der Waals surface area contributed by atoms with Crippen molar-refractivity contribution in [1.29, 1.82) is 0 Å². The normalized spacial score (nSPS) is 14.7. The third-order valence-electron chi connectivity index (χ3n) is 2.98. The molecule has 0 aromatic carbocycles. The Bertz CT molecular complexity index is 572. The summed E-state index contributed by atoms with van der Waals surface area (Å²) in [5.74, 6) is 2.00. The zero-order valence-corrected chi connectivity index (χ0v) is 10.8. The summed E-state index contributed by atoms with van der Waals surface area (Å²) in [5, 5.41) is 5.30. The molecule has 0 aliphatic heterocycles. The summed E-state index contributed by atoms with van der Waals surface area (Å²) in [6, 6.07) is 5.70. The lowest BCUT2D eigenvalue weighted by Gasteiger charge is -2.05. The molecule has 1 aliphatic rings. The molecule has 1 fully saturated rings. The van der Waals surface area contributed by atoms with E-state index >= 15 is 0 Å².